The number of carbonyl (C=O) groups is 1. The molecule has 0 aromatic rings. The Kier molecular flexibility index (Phi) is 3.92. The molecule has 98 valence electrons. The summed E-state index contributed by atoms with van der Waals surface area (Å²) in [6, 6.07) is -0.582. The Bertz CT molecular complexity index is 320. The highest BCUT2D eigenvalue weighted by molar-refractivity contribution is 5.73. The van der Waals surface area contributed by atoms with Crippen molar-refractivity contribution in [2.75, 3.05) is 13.2 Å². The van der Waals surface area contributed by atoms with Crippen LogP contribution in [0.4, 0.5) is 4.79 Å². The van der Waals surface area contributed by atoms with Gasteiger partial charge in [0.05, 0.1) is 11.5 Å². The second-order valence-corrected chi connectivity index (χ2v) is 4.51. The van der Waals surface area contributed by atoms with Crippen LogP contribution in [0.25, 0.3) is 0 Å². The van der Waals surface area contributed by atoms with Crippen LogP contribution in [-0.2, 0) is 4.74 Å². The molecule has 0 spiro atoms. The fraction of sp³-hybridized carbons (Fsp3) is 0.900. The first-order chi connectivity index (χ1) is 7.91. The lowest BCUT2D eigenvalue weighted by Gasteiger charge is -2.06. The zero-order chi connectivity index (χ0) is 13.2. The second-order valence-electron chi connectivity index (χ2n) is 4.51. The molecule has 0 saturated carbocycles. The van der Waals surface area contributed by atoms with Crippen molar-refractivity contribution < 1.29 is 19.6 Å². The SMILES string of the molecule is CCOC(=O)N1[C@H](CC(C)C)[C@]1(CO)[N+](=O)[O-]. The van der Waals surface area contributed by atoms with Crippen LogP contribution in [0.15, 0.2) is 0 Å². The summed E-state index contributed by atoms with van der Waals surface area (Å²) in [7, 11) is 0. The maximum Gasteiger partial charge on any atom is 0.415 e. The third-order valence-electron chi connectivity index (χ3n) is 2.90. The molecule has 1 fully saturated rings. The highest BCUT2D eigenvalue weighted by atomic mass is 16.6. The fourth-order valence-corrected chi connectivity index (χ4v) is 2.05. The standard InChI is InChI=1S/C10H18N2O5/c1-4-17-9(14)11-8(5-7(2)3)10(11,6-13)12(15)16/h7-8,13H,4-6H2,1-3H3/t8-,10+,11?/m1/s1. The summed E-state index contributed by atoms with van der Waals surface area (Å²) in [5.74, 6) is 0.199. The van der Waals surface area contributed by atoms with E-state index in [9.17, 15) is 20.0 Å². The highest BCUT2D eigenvalue weighted by Crippen LogP contribution is 2.45. The van der Waals surface area contributed by atoms with Crippen LogP contribution < -0.4 is 0 Å². The van der Waals surface area contributed by atoms with Gasteiger partial charge < -0.3 is 9.84 Å². The Labute approximate surface area is 99.5 Å². The molecule has 0 aliphatic carbocycles. The zero-order valence-electron chi connectivity index (χ0n) is 10.3. The first-order valence-electron chi connectivity index (χ1n) is 5.63. The Balaban J connectivity index is 2.87. The van der Waals surface area contributed by atoms with E-state index in [1.54, 1.807) is 6.92 Å². The van der Waals surface area contributed by atoms with Crippen molar-refractivity contribution in [3.63, 3.8) is 0 Å². The molecule has 1 aliphatic rings. The highest BCUT2D eigenvalue weighted by Gasteiger charge is 2.77. The molecule has 0 aromatic heterocycles. The average molecular weight is 246 g/mol. The minimum Gasteiger partial charge on any atom is -0.450 e. The number of hydrogen-bond acceptors (Lipinski definition) is 5. The van der Waals surface area contributed by atoms with E-state index in [0.717, 1.165) is 4.90 Å². The summed E-state index contributed by atoms with van der Waals surface area (Å²) < 4.78 is 4.76. The quantitative estimate of drug-likeness (QED) is 0.441. The minimum absolute atomic E-state index is 0.156. The van der Waals surface area contributed by atoms with Gasteiger partial charge in [0.2, 0.25) is 0 Å². The molecule has 7 nitrogen and oxygen atoms in total. The van der Waals surface area contributed by atoms with Gasteiger partial charge in [0.1, 0.15) is 12.6 Å². The van der Waals surface area contributed by atoms with Gasteiger partial charge in [0.25, 0.3) is 0 Å². The maximum absolute atomic E-state index is 11.6. The lowest BCUT2D eigenvalue weighted by atomic mass is 10.0. The summed E-state index contributed by atoms with van der Waals surface area (Å²) >= 11 is 0. The number of amides is 1. The summed E-state index contributed by atoms with van der Waals surface area (Å²) in [4.78, 5) is 23.0. The molecular weight excluding hydrogens is 228 g/mol. The topological polar surface area (TPSA) is 92.7 Å². The third-order valence-corrected chi connectivity index (χ3v) is 2.90. The van der Waals surface area contributed by atoms with Gasteiger partial charge in [-0.25, -0.2) is 9.69 Å². The number of aliphatic hydroxyl groups excluding tert-OH is 1. The molecule has 17 heavy (non-hydrogen) atoms. The zero-order valence-corrected chi connectivity index (χ0v) is 10.3. The lowest BCUT2D eigenvalue weighted by molar-refractivity contribution is -0.553. The largest absolute Gasteiger partial charge is 0.450 e. The van der Waals surface area contributed by atoms with E-state index >= 15 is 0 Å². The number of ether oxygens (including phenoxy) is 1. The summed E-state index contributed by atoms with van der Waals surface area (Å²) in [6.07, 6.45) is -0.260. The molecule has 0 bridgehead atoms. The van der Waals surface area contributed by atoms with Crippen molar-refractivity contribution in [1.82, 2.24) is 4.90 Å². The summed E-state index contributed by atoms with van der Waals surface area (Å²) in [5, 5.41) is 20.2. The van der Waals surface area contributed by atoms with Crippen molar-refractivity contribution in [2.45, 2.75) is 38.9 Å². The number of nitro groups is 1. The Hall–Kier alpha value is -1.37. The van der Waals surface area contributed by atoms with Crippen LogP contribution in [0, 0.1) is 16.0 Å². The fourth-order valence-electron chi connectivity index (χ4n) is 2.05. The van der Waals surface area contributed by atoms with Crippen LogP contribution in [-0.4, -0.2) is 45.9 Å². The van der Waals surface area contributed by atoms with Gasteiger partial charge in [-0.3, -0.25) is 10.1 Å². The Morgan fingerprint density at radius 3 is 2.59 bits per heavy atom. The maximum atomic E-state index is 11.6. The number of rotatable bonds is 5. The van der Waals surface area contributed by atoms with E-state index in [1.807, 2.05) is 13.8 Å². The summed E-state index contributed by atoms with van der Waals surface area (Å²) in [6.45, 7) is 4.91. The Morgan fingerprint density at radius 1 is 1.65 bits per heavy atom. The monoisotopic (exact) mass is 246 g/mol. The molecule has 1 rings (SSSR count). The molecule has 1 aliphatic heterocycles. The van der Waals surface area contributed by atoms with Crippen molar-refractivity contribution in [3.05, 3.63) is 10.1 Å². The van der Waals surface area contributed by atoms with Gasteiger partial charge in [-0.2, -0.15) is 0 Å². The molecule has 1 heterocycles. The van der Waals surface area contributed by atoms with Crippen molar-refractivity contribution >= 4 is 6.09 Å². The number of hydrogen-bond donors (Lipinski definition) is 1. The van der Waals surface area contributed by atoms with Gasteiger partial charge in [-0.05, 0) is 19.3 Å². The normalized spacial score (nSPS) is 27.1. The lowest BCUT2D eigenvalue weighted by Crippen LogP contribution is -2.36. The van der Waals surface area contributed by atoms with Gasteiger partial charge in [-0.15, -0.1) is 0 Å². The number of nitrogens with zero attached hydrogens (tertiary/aromatic N) is 2. The number of aliphatic hydroxyl groups is 1. The van der Waals surface area contributed by atoms with Crippen molar-refractivity contribution in [3.8, 4) is 0 Å². The molecule has 2 atom stereocenters. The van der Waals surface area contributed by atoms with Crippen LogP contribution in [0.2, 0.25) is 0 Å². The van der Waals surface area contributed by atoms with E-state index < -0.39 is 29.3 Å². The molecule has 1 saturated heterocycles. The second kappa shape index (κ2) is 4.87. The van der Waals surface area contributed by atoms with Crippen molar-refractivity contribution in [2.24, 2.45) is 5.92 Å². The average Bonchev–Trinajstić information content (AvgIpc) is 2.86. The van der Waals surface area contributed by atoms with Crippen LogP contribution in [0.1, 0.15) is 27.2 Å². The number of carbonyl (C=O) groups excluding carboxylic acids is 1. The predicted octanol–water partition coefficient (Wildman–Crippen LogP) is 0.838. The third kappa shape index (κ3) is 2.19. The van der Waals surface area contributed by atoms with E-state index in [0.29, 0.717) is 6.42 Å². The van der Waals surface area contributed by atoms with Gasteiger partial charge in [0, 0.05) is 0 Å². The first-order valence-corrected chi connectivity index (χ1v) is 5.63. The Morgan fingerprint density at radius 2 is 2.24 bits per heavy atom. The molecule has 0 unspecified atom stereocenters. The minimum atomic E-state index is -1.68. The summed E-state index contributed by atoms with van der Waals surface area (Å²) in [5.41, 5.74) is -1.68. The van der Waals surface area contributed by atoms with Crippen LogP contribution in [0.3, 0.4) is 0 Å². The van der Waals surface area contributed by atoms with Crippen LogP contribution in [0.5, 0.6) is 0 Å². The van der Waals surface area contributed by atoms with E-state index in [2.05, 4.69) is 0 Å². The molecule has 0 aromatic carbocycles. The van der Waals surface area contributed by atoms with Gasteiger partial charge in [0.15, 0.2) is 0 Å². The molecule has 1 N–H and O–H groups in total. The van der Waals surface area contributed by atoms with Crippen LogP contribution >= 0.6 is 0 Å². The van der Waals surface area contributed by atoms with Gasteiger partial charge in [-0.1, -0.05) is 13.8 Å². The van der Waals surface area contributed by atoms with Crippen molar-refractivity contribution in [1.29, 1.82) is 0 Å². The van der Waals surface area contributed by atoms with E-state index in [4.69, 9.17) is 4.74 Å². The predicted molar refractivity (Wildman–Crippen MR) is 58.9 cm³/mol. The van der Waals surface area contributed by atoms with Gasteiger partial charge >= 0.3 is 11.8 Å². The molecule has 0 radical (unpaired) electrons. The molecule has 1 amide bonds. The smallest absolute Gasteiger partial charge is 0.415 e. The van der Waals surface area contributed by atoms with E-state index in [1.165, 1.54) is 0 Å². The van der Waals surface area contributed by atoms with E-state index in [-0.39, 0.29) is 12.5 Å². The molecular formula is C10H18N2O5. The molecule has 7 heteroatoms. The first kappa shape index (κ1) is 13.7.